The Bertz CT molecular complexity index is 902. The fraction of sp³-hybridized carbons (Fsp3) is 0.708. The predicted molar refractivity (Wildman–Crippen MR) is 132 cm³/mol. The monoisotopic (exact) mass is 496 g/mol. The lowest BCUT2D eigenvalue weighted by Gasteiger charge is -2.36. The van der Waals surface area contributed by atoms with Crippen LogP contribution in [0.1, 0.15) is 30.4 Å². The summed E-state index contributed by atoms with van der Waals surface area (Å²) in [5.41, 5.74) is 1.22. The highest BCUT2D eigenvalue weighted by atomic mass is 32.2. The van der Waals surface area contributed by atoms with Gasteiger partial charge in [0, 0.05) is 46.3 Å². The summed E-state index contributed by atoms with van der Waals surface area (Å²) >= 11 is 0. The van der Waals surface area contributed by atoms with Crippen LogP contribution in [0, 0.1) is 13.8 Å². The summed E-state index contributed by atoms with van der Waals surface area (Å²) in [7, 11) is -0.741. The smallest absolute Gasteiger partial charge is 0.248 e. The molecule has 0 saturated carbocycles. The number of hydrogen-bond acceptors (Lipinski definition) is 7. The van der Waals surface area contributed by atoms with Gasteiger partial charge in [0.1, 0.15) is 19.1 Å². The van der Waals surface area contributed by atoms with E-state index < -0.39 is 10.0 Å². The second-order valence-electron chi connectivity index (χ2n) is 9.30. The number of methoxy groups -OCH3 is 1. The summed E-state index contributed by atoms with van der Waals surface area (Å²) in [4.78, 5) is 19.6. The standard InChI is InChI=1S/C24H40N4O5S/c1-20-16-22(32-4)17-21(2)24(20)34(30,31)25(3)19-33-18-23(29)28-14-12-27(13-15-28)11-10-26-8-6-5-7-9-26/h16-17H,5-15,18-19H2,1-4H3. The number of aryl methyl sites for hydroxylation is 2. The average molecular weight is 497 g/mol. The Kier molecular flexibility index (Phi) is 9.73. The summed E-state index contributed by atoms with van der Waals surface area (Å²) in [5.74, 6) is 0.517. The van der Waals surface area contributed by atoms with Crippen LogP contribution in [0.5, 0.6) is 5.75 Å². The number of hydrogen-bond donors (Lipinski definition) is 0. The van der Waals surface area contributed by atoms with E-state index in [0.717, 1.165) is 30.5 Å². The molecule has 0 radical (unpaired) electrons. The molecule has 2 saturated heterocycles. The minimum Gasteiger partial charge on any atom is -0.497 e. The minimum absolute atomic E-state index is 0.0988. The zero-order chi connectivity index (χ0) is 24.7. The number of nitrogens with zero attached hydrogens (tertiary/aromatic N) is 4. The van der Waals surface area contributed by atoms with Gasteiger partial charge in [-0.3, -0.25) is 9.69 Å². The largest absolute Gasteiger partial charge is 0.497 e. The Morgan fingerprint density at radius 1 is 0.941 bits per heavy atom. The molecular weight excluding hydrogens is 456 g/mol. The van der Waals surface area contributed by atoms with Crippen LogP contribution in [0.25, 0.3) is 0 Å². The van der Waals surface area contributed by atoms with Gasteiger partial charge < -0.3 is 19.3 Å². The number of carbonyl (C=O) groups excluding carboxylic acids is 1. The van der Waals surface area contributed by atoms with Gasteiger partial charge in [0.05, 0.1) is 12.0 Å². The van der Waals surface area contributed by atoms with Crippen LogP contribution in [0.2, 0.25) is 0 Å². The summed E-state index contributed by atoms with van der Waals surface area (Å²) < 4.78 is 38.0. The molecule has 2 aliphatic rings. The highest BCUT2D eigenvalue weighted by Gasteiger charge is 2.27. The number of piperidine rings is 1. The molecule has 1 aromatic rings. The van der Waals surface area contributed by atoms with E-state index >= 15 is 0 Å². The fourth-order valence-corrected chi connectivity index (χ4v) is 6.16. The summed E-state index contributed by atoms with van der Waals surface area (Å²) in [6, 6.07) is 3.40. The third kappa shape index (κ3) is 6.91. The summed E-state index contributed by atoms with van der Waals surface area (Å²) in [6.45, 7) is 10.8. The summed E-state index contributed by atoms with van der Waals surface area (Å²) in [5, 5.41) is 0. The van der Waals surface area contributed by atoms with Gasteiger partial charge in [-0.15, -0.1) is 0 Å². The van der Waals surface area contributed by atoms with Crippen molar-refractivity contribution in [3.8, 4) is 5.75 Å². The second-order valence-corrected chi connectivity index (χ2v) is 11.3. The molecule has 10 heteroatoms. The first-order valence-electron chi connectivity index (χ1n) is 12.1. The third-order valence-electron chi connectivity index (χ3n) is 6.74. The lowest BCUT2D eigenvalue weighted by molar-refractivity contribution is -0.138. The van der Waals surface area contributed by atoms with Gasteiger partial charge in [-0.25, -0.2) is 8.42 Å². The normalized spacial score (nSPS) is 18.4. The number of amides is 1. The Morgan fingerprint density at radius 2 is 1.50 bits per heavy atom. The van der Waals surface area contributed by atoms with Crippen molar-refractivity contribution in [2.75, 3.05) is 79.9 Å². The Hall–Kier alpha value is -1.72. The van der Waals surface area contributed by atoms with E-state index in [1.807, 2.05) is 4.90 Å². The van der Waals surface area contributed by atoms with Crippen LogP contribution >= 0.6 is 0 Å². The van der Waals surface area contributed by atoms with Crippen LogP contribution in [-0.4, -0.2) is 113 Å². The fourth-order valence-electron chi connectivity index (χ4n) is 4.70. The lowest BCUT2D eigenvalue weighted by Crippen LogP contribution is -2.51. The lowest BCUT2D eigenvalue weighted by atomic mass is 10.1. The van der Waals surface area contributed by atoms with Gasteiger partial charge in [-0.1, -0.05) is 6.42 Å². The van der Waals surface area contributed by atoms with Crippen molar-refractivity contribution in [2.45, 2.75) is 38.0 Å². The highest BCUT2D eigenvalue weighted by Crippen LogP contribution is 2.27. The first-order valence-corrected chi connectivity index (χ1v) is 13.6. The van der Waals surface area contributed by atoms with Crippen molar-refractivity contribution in [1.29, 1.82) is 0 Å². The SMILES string of the molecule is COc1cc(C)c(S(=O)(=O)N(C)COCC(=O)N2CCN(CCN3CCCCC3)CC2)c(C)c1. The zero-order valence-corrected chi connectivity index (χ0v) is 21.9. The molecular formula is C24H40N4O5S. The number of ether oxygens (including phenoxy) is 2. The number of piperazine rings is 1. The average Bonchev–Trinajstić information content (AvgIpc) is 2.82. The molecule has 0 spiro atoms. The number of rotatable bonds is 10. The Labute approximate surface area is 204 Å². The van der Waals surface area contributed by atoms with Crippen LogP contribution in [-0.2, 0) is 19.6 Å². The van der Waals surface area contributed by atoms with E-state index in [1.165, 1.54) is 39.4 Å². The minimum atomic E-state index is -3.75. The molecule has 9 nitrogen and oxygen atoms in total. The van der Waals surface area contributed by atoms with Gasteiger partial charge in [0.2, 0.25) is 15.9 Å². The maximum absolute atomic E-state index is 13.1. The quantitative estimate of drug-likeness (QED) is 0.455. The van der Waals surface area contributed by atoms with Gasteiger partial charge in [-0.2, -0.15) is 4.31 Å². The molecule has 3 rings (SSSR count). The van der Waals surface area contributed by atoms with E-state index in [-0.39, 0.29) is 24.1 Å². The van der Waals surface area contributed by atoms with Crippen molar-refractivity contribution in [3.05, 3.63) is 23.3 Å². The molecule has 2 heterocycles. The topological polar surface area (TPSA) is 82.6 Å². The summed E-state index contributed by atoms with van der Waals surface area (Å²) in [6.07, 6.45) is 3.96. The molecule has 2 aliphatic heterocycles. The number of sulfonamides is 1. The molecule has 192 valence electrons. The molecule has 0 N–H and O–H groups in total. The van der Waals surface area contributed by atoms with E-state index in [4.69, 9.17) is 9.47 Å². The van der Waals surface area contributed by atoms with Crippen molar-refractivity contribution >= 4 is 15.9 Å². The van der Waals surface area contributed by atoms with Crippen LogP contribution < -0.4 is 4.74 Å². The molecule has 0 atom stereocenters. The number of carbonyl (C=O) groups is 1. The molecule has 0 aromatic heterocycles. The van der Waals surface area contributed by atoms with E-state index in [2.05, 4.69) is 9.80 Å². The van der Waals surface area contributed by atoms with Crippen molar-refractivity contribution in [3.63, 3.8) is 0 Å². The molecule has 0 aliphatic carbocycles. The van der Waals surface area contributed by atoms with E-state index in [1.54, 1.807) is 33.1 Å². The Morgan fingerprint density at radius 3 is 2.06 bits per heavy atom. The maximum atomic E-state index is 13.1. The second kappa shape index (κ2) is 12.3. The van der Waals surface area contributed by atoms with Gasteiger partial charge in [0.25, 0.3) is 0 Å². The molecule has 1 amide bonds. The first kappa shape index (κ1) is 26.9. The molecule has 0 bridgehead atoms. The van der Waals surface area contributed by atoms with Crippen LogP contribution in [0.15, 0.2) is 17.0 Å². The molecule has 2 fully saturated rings. The van der Waals surface area contributed by atoms with Crippen molar-refractivity contribution in [1.82, 2.24) is 19.0 Å². The third-order valence-corrected chi connectivity index (χ3v) is 8.83. The van der Waals surface area contributed by atoms with Gasteiger partial charge >= 0.3 is 0 Å². The van der Waals surface area contributed by atoms with Crippen LogP contribution in [0.4, 0.5) is 0 Å². The van der Waals surface area contributed by atoms with E-state index in [9.17, 15) is 13.2 Å². The van der Waals surface area contributed by atoms with Gasteiger partial charge in [-0.05, 0) is 63.0 Å². The number of likely N-dealkylation sites (tertiary alicyclic amines) is 1. The predicted octanol–water partition coefficient (Wildman–Crippen LogP) is 1.54. The number of benzene rings is 1. The highest BCUT2D eigenvalue weighted by molar-refractivity contribution is 7.89. The molecule has 1 aromatic carbocycles. The van der Waals surface area contributed by atoms with Gasteiger partial charge in [0.15, 0.2) is 0 Å². The van der Waals surface area contributed by atoms with E-state index in [0.29, 0.717) is 30.0 Å². The first-order chi connectivity index (χ1) is 16.2. The maximum Gasteiger partial charge on any atom is 0.248 e. The van der Waals surface area contributed by atoms with Crippen molar-refractivity contribution in [2.24, 2.45) is 0 Å². The van der Waals surface area contributed by atoms with Crippen LogP contribution in [0.3, 0.4) is 0 Å². The Balaban J connectivity index is 1.41. The zero-order valence-electron chi connectivity index (χ0n) is 21.1. The van der Waals surface area contributed by atoms with Crippen molar-refractivity contribution < 1.29 is 22.7 Å². The molecule has 0 unspecified atom stereocenters. The molecule has 34 heavy (non-hydrogen) atoms.